The van der Waals surface area contributed by atoms with E-state index in [0.29, 0.717) is 4.83 Å². The molecule has 1 aromatic heterocycles. The van der Waals surface area contributed by atoms with Gasteiger partial charge in [-0.2, -0.15) is 0 Å². The van der Waals surface area contributed by atoms with E-state index in [1.807, 2.05) is 11.4 Å². The molecule has 1 rings (SSSR count). The molecule has 1 aromatic rings. The highest BCUT2D eigenvalue weighted by Crippen LogP contribution is 2.24. The topological polar surface area (TPSA) is 0 Å². The molecule has 0 saturated heterocycles. The molecule has 0 aromatic carbocycles. The fourth-order valence-corrected chi connectivity index (χ4v) is 2.51. The first-order valence-electron chi connectivity index (χ1n) is 3.06. The Morgan fingerprint density at radius 1 is 1.80 bits per heavy atom. The molecule has 0 nitrogen and oxygen atoms in total. The van der Waals surface area contributed by atoms with Crippen LogP contribution in [0.1, 0.15) is 11.8 Å². The first-order chi connectivity index (χ1) is 4.70. The Bertz CT molecular complexity index is 207. The normalized spacial score (nSPS) is 13.5. The highest BCUT2D eigenvalue weighted by Gasteiger charge is 2.03. The van der Waals surface area contributed by atoms with Crippen molar-refractivity contribution in [3.8, 4) is 0 Å². The number of hydrogen-bond acceptors (Lipinski definition) is 1. The van der Waals surface area contributed by atoms with Gasteiger partial charge in [0.15, 0.2) is 0 Å². The quantitative estimate of drug-likeness (QED) is 0.690. The van der Waals surface area contributed by atoms with Gasteiger partial charge in [0.25, 0.3) is 0 Å². The predicted octanol–water partition coefficient (Wildman–Crippen LogP) is 3.73. The average Bonchev–Trinajstić information content (AvgIpc) is 2.15. The Balaban J connectivity index is 2.65. The second-order valence-corrected chi connectivity index (χ2v) is 5.15. The molecule has 1 atom stereocenters. The Hall–Kier alpha value is 0.470. The molecule has 1 heterocycles. The van der Waals surface area contributed by atoms with Crippen molar-refractivity contribution in [2.45, 2.75) is 18.2 Å². The van der Waals surface area contributed by atoms with Crippen molar-refractivity contribution in [1.29, 1.82) is 0 Å². The van der Waals surface area contributed by atoms with Crippen molar-refractivity contribution in [2.24, 2.45) is 0 Å². The summed E-state index contributed by atoms with van der Waals surface area (Å²) in [5.74, 6) is 0. The van der Waals surface area contributed by atoms with Crippen LogP contribution in [0.15, 0.2) is 11.4 Å². The summed E-state index contributed by atoms with van der Waals surface area (Å²) in [7, 11) is 0. The van der Waals surface area contributed by atoms with Crippen LogP contribution in [0.4, 0.5) is 0 Å². The summed E-state index contributed by atoms with van der Waals surface area (Å²) in [6.45, 7) is 2.12. The maximum Gasteiger partial charge on any atom is 0.0545 e. The van der Waals surface area contributed by atoms with Crippen molar-refractivity contribution in [3.05, 3.63) is 21.3 Å². The summed E-state index contributed by atoms with van der Waals surface area (Å²) in [4.78, 5) is 1.79. The first-order valence-corrected chi connectivity index (χ1v) is 5.23. The zero-order valence-corrected chi connectivity index (χ0v) is 8.76. The Morgan fingerprint density at radius 3 is 2.90 bits per heavy atom. The van der Waals surface area contributed by atoms with Crippen molar-refractivity contribution in [3.63, 3.8) is 0 Å². The van der Waals surface area contributed by atoms with Crippen molar-refractivity contribution in [2.75, 3.05) is 0 Å². The van der Waals surface area contributed by atoms with E-state index in [4.69, 9.17) is 11.6 Å². The average molecular weight is 240 g/mol. The number of alkyl halides is 1. The monoisotopic (exact) mass is 238 g/mol. The van der Waals surface area contributed by atoms with Gasteiger partial charge in [-0.3, -0.25) is 0 Å². The molecule has 0 fully saturated rings. The minimum Gasteiger partial charge on any atom is -0.147 e. The van der Waals surface area contributed by atoms with Crippen molar-refractivity contribution in [1.82, 2.24) is 0 Å². The lowest BCUT2D eigenvalue weighted by molar-refractivity contribution is 0.980. The van der Waals surface area contributed by atoms with E-state index < -0.39 is 0 Å². The standard InChI is InChI=1S/C7H8BrClS/c1-5(8)4-7-6(9)2-3-10-7/h2-3,5H,4H2,1H3. The van der Waals surface area contributed by atoms with Crippen LogP contribution in [0.3, 0.4) is 0 Å². The van der Waals surface area contributed by atoms with Crippen LogP contribution in [0, 0.1) is 0 Å². The van der Waals surface area contributed by atoms with E-state index in [1.165, 1.54) is 4.88 Å². The van der Waals surface area contributed by atoms with E-state index >= 15 is 0 Å². The van der Waals surface area contributed by atoms with Gasteiger partial charge in [-0.1, -0.05) is 34.5 Å². The first kappa shape index (κ1) is 8.57. The zero-order valence-electron chi connectivity index (χ0n) is 5.60. The minimum absolute atomic E-state index is 0.517. The SMILES string of the molecule is CC(Br)Cc1sccc1Cl. The number of hydrogen-bond donors (Lipinski definition) is 0. The molecular formula is C7H8BrClS. The van der Waals surface area contributed by atoms with Gasteiger partial charge in [0, 0.05) is 9.70 Å². The van der Waals surface area contributed by atoms with E-state index in [2.05, 4.69) is 22.9 Å². The molecule has 56 valence electrons. The highest BCUT2D eigenvalue weighted by molar-refractivity contribution is 9.09. The zero-order chi connectivity index (χ0) is 7.56. The maximum atomic E-state index is 5.87. The second kappa shape index (κ2) is 3.74. The van der Waals surface area contributed by atoms with Gasteiger partial charge in [0.1, 0.15) is 0 Å². The van der Waals surface area contributed by atoms with Gasteiger partial charge in [-0.15, -0.1) is 11.3 Å². The van der Waals surface area contributed by atoms with Gasteiger partial charge in [-0.25, -0.2) is 0 Å². The molecule has 1 unspecified atom stereocenters. The van der Waals surface area contributed by atoms with Crippen LogP contribution in [-0.4, -0.2) is 4.83 Å². The maximum absolute atomic E-state index is 5.87. The van der Waals surface area contributed by atoms with Crippen LogP contribution in [-0.2, 0) is 6.42 Å². The fraction of sp³-hybridized carbons (Fsp3) is 0.429. The van der Waals surface area contributed by atoms with Crippen molar-refractivity contribution >= 4 is 38.9 Å². The molecule has 0 saturated carbocycles. The summed E-state index contributed by atoms with van der Waals surface area (Å²) < 4.78 is 0. The number of rotatable bonds is 2. The number of thiophene rings is 1. The van der Waals surface area contributed by atoms with Crippen molar-refractivity contribution < 1.29 is 0 Å². The molecule has 0 aliphatic rings. The third-order valence-corrected chi connectivity index (χ3v) is 2.89. The number of halogens is 2. The van der Waals surface area contributed by atoms with Gasteiger partial charge in [-0.05, 0) is 17.9 Å². The summed E-state index contributed by atoms with van der Waals surface area (Å²) in [5.41, 5.74) is 0. The minimum atomic E-state index is 0.517. The smallest absolute Gasteiger partial charge is 0.0545 e. The predicted molar refractivity (Wildman–Crippen MR) is 51.4 cm³/mol. The summed E-state index contributed by atoms with van der Waals surface area (Å²) in [6.07, 6.45) is 1.02. The lowest BCUT2D eigenvalue weighted by atomic mass is 10.3. The summed E-state index contributed by atoms with van der Waals surface area (Å²) in [6, 6.07) is 1.94. The van der Waals surface area contributed by atoms with Gasteiger partial charge >= 0.3 is 0 Å². The molecular weight excluding hydrogens is 232 g/mol. The van der Waals surface area contributed by atoms with Gasteiger partial charge < -0.3 is 0 Å². The Morgan fingerprint density at radius 2 is 2.50 bits per heavy atom. The molecule has 0 spiro atoms. The fourth-order valence-electron chi connectivity index (χ4n) is 0.726. The van der Waals surface area contributed by atoms with Crippen LogP contribution in [0.2, 0.25) is 5.02 Å². The Labute approximate surface area is 78.3 Å². The molecule has 3 heteroatoms. The second-order valence-electron chi connectivity index (χ2n) is 2.18. The van der Waals surface area contributed by atoms with Gasteiger partial charge in [0.05, 0.1) is 5.02 Å². The molecule has 0 N–H and O–H groups in total. The highest BCUT2D eigenvalue weighted by atomic mass is 79.9. The van der Waals surface area contributed by atoms with E-state index in [0.717, 1.165) is 11.4 Å². The van der Waals surface area contributed by atoms with E-state index in [-0.39, 0.29) is 0 Å². The largest absolute Gasteiger partial charge is 0.147 e. The van der Waals surface area contributed by atoms with Gasteiger partial charge in [0.2, 0.25) is 0 Å². The molecule has 0 amide bonds. The summed E-state index contributed by atoms with van der Waals surface area (Å²) >= 11 is 11.1. The third kappa shape index (κ3) is 2.26. The lowest BCUT2D eigenvalue weighted by Crippen LogP contribution is -1.93. The molecule has 0 bridgehead atoms. The van der Waals surface area contributed by atoms with Crippen LogP contribution < -0.4 is 0 Å². The molecule has 0 aliphatic carbocycles. The molecule has 0 radical (unpaired) electrons. The van der Waals surface area contributed by atoms with Crippen LogP contribution >= 0.6 is 38.9 Å². The van der Waals surface area contributed by atoms with E-state index in [1.54, 1.807) is 11.3 Å². The molecule has 10 heavy (non-hydrogen) atoms. The Kier molecular flexibility index (Phi) is 3.21. The third-order valence-electron chi connectivity index (χ3n) is 1.16. The molecule has 0 aliphatic heterocycles. The summed E-state index contributed by atoms with van der Waals surface area (Å²) in [5, 5.41) is 2.92. The lowest BCUT2D eigenvalue weighted by Gasteiger charge is -1.98. The van der Waals surface area contributed by atoms with E-state index in [9.17, 15) is 0 Å². The van der Waals surface area contributed by atoms with Crippen LogP contribution in [0.25, 0.3) is 0 Å². The van der Waals surface area contributed by atoms with Crippen LogP contribution in [0.5, 0.6) is 0 Å².